The molecular formula is C14H20N2O3. The van der Waals surface area contributed by atoms with Crippen molar-refractivity contribution in [1.82, 2.24) is 4.90 Å². The van der Waals surface area contributed by atoms with Gasteiger partial charge in [0.05, 0.1) is 13.2 Å². The Morgan fingerprint density at radius 2 is 2.21 bits per heavy atom. The van der Waals surface area contributed by atoms with Crippen molar-refractivity contribution < 1.29 is 14.3 Å². The van der Waals surface area contributed by atoms with E-state index in [0.717, 1.165) is 12.3 Å². The van der Waals surface area contributed by atoms with Crippen LogP contribution in [0.2, 0.25) is 0 Å². The molecule has 1 fully saturated rings. The first-order valence-corrected chi connectivity index (χ1v) is 6.45. The van der Waals surface area contributed by atoms with Crippen LogP contribution in [0.5, 0.6) is 5.75 Å². The van der Waals surface area contributed by atoms with Gasteiger partial charge in [-0.05, 0) is 19.1 Å². The van der Waals surface area contributed by atoms with Gasteiger partial charge in [0.2, 0.25) is 5.91 Å². The van der Waals surface area contributed by atoms with Gasteiger partial charge in [0.15, 0.2) is 0 Å². The summed E-state index contributed by atoms with van der Waals surface area (Å²) in [4.78, 5) is 12.9. The minimum absolute atomic E-state index is 0.0191. The first-order chi connectivity index (χ1) is 9.13. The van der Waals surface area contributed by atoms with Gasteiger partial charge in [-0.3, -0.25) is 9.69 Å². The number of hydrogen-bond donors (Lipinski definition) is 1. The highest BCUT2D eigenvalue weighted by Gasteiger charge is 2.21. The van der Waals surface area contributed by atoms with E-state index in [-0.39, 0.29) is 18.6 Å². The van der Waals surface area contributed by atoms with Gasteiger partial charge in [0.25, 0.3) is 0 Å². The van der Waals surface area contributed by atoms with Gasteiger partial charge >= 0.3 is 0 Å². The van der Waals surface area contributed by atoms with Gasteiger partial charge in [0, 0.05) is 13.1 Å². The van der Waals surface area contributed by atoms with E-state index in [1.807, 2.05) is 36.1 Å². The molecule has 1 saturated heterocycles. The third-order valence-corrected chi connectivity index (χ3v) is 3.06. The molecule has 0 bridgehead atoms. The van der Waals surface area contributed by atoms with E-state index in [0.29, 0.717) is 19.8 Å². The van der Waals surface area contributed by atoms with Crippen molar-refractivity contribution in [3.05, 3.63) is 29.8 Å². The summed E-state index contributed by atoms with van der Waals surface area (Å²) < 4.78 is 11.3. The van der Waals surface area contributed by atoms with Crippen molar-refractivity contribution in [2.75, 3.05) is 32.8 Å². The summed E-state index contributed by atoms with van der Waals surface area (Å²) in [5, 5.41) is 0. The Labute approximate surface area is 113 Å². The Balaban J connectivity index is 1.79. The molecule has 19 heavy (non-hydrogen) atoms. The van der Waals surface area contributed by atoms with Crippen LogP contribution in [0.4, 0.5) is 0 Å². The zero-order valence-electron chi connectivity index (χ0n) is 11.2. The first-order valence-electron chi connectivity index (χ1n) is 6.45. The predicted molar refractivity (Wildman–Crippen MR) is 72.0 cm³/mol. The second kappa shape index (κ2) is 6.54. The number of nitrogens with zero attached hydrogens (tertiary/aromatic N) is 1. The zero-order chi connectivity index (χ0) is 13.7. The predicted octanol–water partition coefficient (Wildman–Crippen LogP) is 0.560. The number of nitrogens with two attached hydrogens (primary N) is 1. The quantitative estimate of drug-likeness (QED) is 0.844. The van der Waals surface area contributed by atoms with Crippen molar-refractivity contribution in [1.29, 1.82) is 0 Å². The Hall–Kier alpha value is -1.59. The van der Waals surface area contributed by atoms with Crippen molar-refractivity contribution in [3.63, 3.8) is 0 Å². The molecule has 0 aliphatic carbocycles. The number of aryl methyl sites for hydroxylation is 1. The normalized spacial score (nSPS) is 20.2. The fraction of sp³-hybridized carbons (Fsp3) is 0.500. The maximum absolute atomic E-state index is 10.9. The summed E-state index contributed by atoms with van der Waals surface area (Å²) in [6.45, 7) is 4.83. The van der Waals surface area contributed by atoms with Crippen LogP contribution in [0.25, 0.3) is 0 Å². The molecule has 1 unspecified atom stereocenters. The van der Waals surface area contributed by atoms with Crippen molar-refractivity contribution in [2.45, 2.75) is 13.0 Å². The van der Waals surface area contributed by atoms with Crippen molar-refractivity contribution in [3.8, 4) is 5.75 Å². The summed E-state index contributed by atoms with van der Waals surface area (Å²) in [5.74, 6) is 0.529. The molecule has 0 saturated carbocycles. The molecule has 1 aromatic rings. The molecule has 5 nitrogen and oxygen atoms in total. The van der Waals surface area contributed by atoms with E-state index in [1.165, 1.54) is 5.56 Å². The zero-order valence-corrected chi connectivity index (χ0v) is 11.2. The first kappa shape index (κ1) is 13.8. The van der Waals surface area contributed by atoms with E-state index < -0.39 is 0 Å². The standard InChI is InChI=1S/C14H20N2O3/c1-11-2-4-12(5-3-11)19-10-13-8-16(6-7-18-13)9-14(15)17/h2-5,13H,6-10H2,1H3,(H2,15,17). The van der Waals surface area contributed by atoms with Gasteiger partial charge in [-0.1, -0.05) is 17.7 Å². The van der Waals surface area contributed by atoms with Gasteiger partial charge in [-0.25, -0.2) is 0 Å². The molecule has 1 heterocycles. The minimum Gasteiger partial charge on any atom is -0.491 e. The van der Waals surface area contributed by atoms with Crippen LogP contribution in [-0.2, 0) is 9.53 Å². The topological polar surface area (TPSA) is 64.8 Å². The number of primary amides is 1. The lowest BCUT2D eigenvalue weighted by molar-refractivity contribution is -0.121. The Morgan fingerprint density at radius 3 is 2.89 bits per heavy atom. The number of benzene rings is 1. The molecule has 104 valence electrons. The van der Waals surface area contributed by atoms with E-state index in [4.69, 9.17) is 15.2 Å². The van der Waals surface area contributed by atoms with Crippen LogP contribution in [0.1, 0.15) is 5.56 Å². The molecule has 2 N–H and O–H groups in total. The number of carbonyl (C=O) groups is 1. The SMILES string of the molecule is Cc1ccc(OCC2CN(CC(N)=O)CCO2)cc1. The third-order valence-electron chi connectivity index (χ3n) is 3.06. The minimum atomic E-state index is -0.305. The third kappa shape index (κ3) is 4.54. The highest BCUT2D eigenvalue weighted by molar-refractivity contribution is 5.75. The van der Waals surface area contributed by atoms with Gasteiger partial charge in [0.1, 0.15) is 18.5 Å². The number of carbonyl (C=O) groups excluding carboxylic acids is 1. The van der Waals surface area contributed by atoms with Crippen molar-refractivity contribution >= 4 is 5.91 Å². The van der Waals surface area contributed by atoms with E-state index in [9.17, 15) is 4.79 Å². The molecule has 1 aromatic carbocycles. The number of ether oxygens (including phenoxy) is 2. The smallest absolute Gasteiger partial charge is 0.231 e. The molecule has 1 aliphatic rings. The highest BCUT2D eigenvalue weighted by atomic mass is 16.5. The fourth-order valence-corrected chi connectivity index (χ4v) is 2.07. The van der Waals surface area contributed by atoms with E-state index in [2.05, 4.69) is 0 Å². The van der Waals surface area contributed by atoms with Gasteiger partial charge in [-0.15, -0.1) is 0 Å². The lowest BCUT2D eigenvalue weighted by atomic mass is 10.2. The van der Waals surface area contributed by atoms with Crippen LogP contribution < -0.4 is 10.5 Å². The van der Waals surface area contributed by atoms with E-state index in [1.54, 1.807) is 0 Å². The van der Waals surface area contributed by atoms with E-state index >= 15 is 0 Å². The molecule has 1 aliphatic heterocycles. The number of amides is 1. The van der Waals surface area contributed by atoms with Gasteiger partial charge < -0.3 is 15.2 Å². The maximum atomic E-state index is 10.9. The molecule has 1 atom stereocenters. The van der Waals surface area contributed by atoms with Crippen LogP contribution in [0.15, 0.2) is 24.3 Å². The summed E-state index contributed by atoms with van der Waals surface area (Å²) in [7, 11) is 0. The molecule has 0 spiro atoms. The summed E-state index contributed by atoms with van der Waals surface area (Å²) >= 11 is 0. The maximum Gasteiger partial charge on any atom is 0.231 e. The van der Waals surface area contributed by atoms with Gasteiger partial charge in [-0.2, -0.15) is 0 Å². The fourth-order valence-electron chi connectivity index (χ4n) is 2.07. The number of rotatable bonds is 5. The highest BCUT2D eigenvalue weighted by Crippen LogP contribution is 2.13. The molecular weight excluding hydrogens is 244 g/mol. The Bertz CT molecular complexity index is 419. The Morgan fingerprint density at radius 1 is 1.47 bits per heavy atom. The lowest BCUT2D eigenvalue weighted by Gasteiger charge is -2.31. The number of hydrogen-bond acceptors (Lipinski definition) is 4. The lowest BCUT2D eigenvalue weighted by Crippen LogP contribution is -2.47. The van der Waals surface area contributed by atoms with Crippen LogP contribution >= 0.6 is 0 Å². The summed E-state index contributed by atoms with van der Waals surface area (Å²) in [5.41, 5.74) is 6.40. The van der Waals surface area contributed by atoms with Crippen LogP contribution in [0, 0.1) is 6.92 Å². The molecule has 2 rings (SSSR count). The van der Waals surface area contributed by atoms with Crippen molar-refractivity contribution in [2.24, 2.45) is 5.73 Å². The summed E-state index contributed by atoms with van der Waals surface area (Å²) in [6, 6.07) is 7.91. The molecule has 5 heteroatoms. The Kier molecular flexibility index (Phi) is 4.76. The average Bonchev–Trinajstić information content (AvgIpc) is 2.38. The second-order valence-corrected chi connectivity index (χ2v) is 4.82. The molecule has 0 aromatic heterocycles. The number of morpholine rings is 1. The molecule has 0 radical (unpaired) electrons. The van der Waals surface area contributed by atoms with Crippen LogP contribution in [0.3, 0.4) is 0 Å². The molecule has 1 amide bonds. The second-order valence-electron chi connectivity index (χ2n) is 4.82. The summed E-state index contributed by atoms with van der Waals surface area (Å²) in [6.07, 6.45) is -0.0191. The monoisotopic (exact) mass is 264 g/mol. The largest absolute Gasteiger partial charge is 0.491 e. The van der Waals surface area contributed by atoms with Crippen LogP contribution in [-0.4, -0.2) is 49.8 Å². The average molecular weight is 264 g/mol.